The van der Waals surface area contributed by atoms with Crippen molar-refractivity contribution in [1.29, 1.82) is 0 Å². The summed E-state index contributed by atoms with van der Waals surface area (Å²) < 4.78 is 18.3. The van der Waals surface area contributed by atoms with E-state index in [0.717, 1.165) is 25.1 Å². The van der Waals surface area contributed by atoms with Gasteiger partial charge in [0.2, 0.25) is 0 Å². The first kappa shape index (κ1) is 10.8. The van der Waals surface area contributed by atoms with Gasteiger partial charge in [0.05, 0.1) is 11.0 Å². The highest BCUT2D eigenvalue weighted by atomic mass is 19.1. The van der Waals surface area contributed by atoms with Crippen molar-refractivity contribution in [3.05, 3.63) is 34.1 Å². The molecule has 1 heterocycles. The van der Waals surface area contributed by atoms with Gasteiger partial charge in [-0.15, -0.1) is 0 Å². The minimum absolute atomic E-state index is 0.0795. The van der Waals surface area contributed by atoms with Gasteiger partial charge in [-0.2, -0.15) is 0 Å². The second-order valence-corrected chi connectivity index (χ2v) is 3.60. The molecule has 1 atom stereocenters. The van der Waals surface area contributed by atoms with Crippen molar-refractivity contribution in [2.45, 2.75) is 12.5 Å². The molecule has 0 aliphatic carbocycles. The van der Waals surface area contributed by atoms with Crippen molar-refractivity contribution < 1.29 is 14.1 Å². The Labute approximate surface area is 91.4 Å². The molecule has 1 unspecified atom stereocenters. The van der Waals surface area contributed by atoms with E-state index in [0.29, 0.717) is 6.54 Å². The molecule has 1 saturated heterocycles. The molecular formula is C10H11FN2O3. The second kappa shape index (κ2) is 4.44. The lowest BCUT2D eigenvalue weighted by Gasteiger charge is -2.12. The molecule has 0 saturated carbocycles. The Morgan fingerprint density at radius 3 is 3.00 bits per heavy atom. The summed E-state index contributed by atoms with van der Waals surface area (Å²) in [5.41, 5.74) is -0.327. The zero-order valence-electron chi connectivity index (χ0n) is 8.48. The Balaban J connectivity index is 2.21. The van der Waals surface area contributed by atoms with E-state index in [2.05, 4.69) is 5.32 Å². The van der Waals surface area contributed by atoms with Crippen LogP contribution < -0.4 is 10.1 Å². The van der Waals surface area contributed by atoms with E-state index in [1.165, 1.54) is 6.07 Å². The van der Waals surface area contributed by atoms with Crippen molar-refractivity contribution in [3.63, 3.8) is 0 Å². The molecule has 1 aromatic rings. The standard InChI is InChI=1S/C10H11FN2O3/c11-7-1-2-10(9(5-7)13(14)15)16-8-3-4-12-6-8/h1-2,5,8,12H,3-4,6H2. The number of nitro groups is 1. The molecule has 1 N–H and O–H groups in total. The van der Waals surface area contributed by atoms with Gasteiger partial charge >= 0.3 is 5.69 Å². The highest BCUT2D eigenvalue weighted by Crippen LogP contribution is 2.29. The van der Waals surface area contributed by atoms with Crippen LogP contribution in [0.25, 0.3) is 0 Å². The molecule has 1 aromatic carbocycles. The van der Waals surface area contributed by atoms with E-state index >= 15 is 0 Å². The van der Waals surface area contributed by atoms with Crippen LogP contribution in [0.5, 0.6) is 5.75 Å². The first-order valence-electron chi connectivity index (χ1n) is 4.98. The molecule has 0 amide bonds. The zero-order chi connectivity index (χ0) is 11.5. The largest absolute Gasteiger partial charge is 0.482 e. The summed E-state index contributed by atoms with van der Waals surface area (Å²) in [7, 11) is 0. The van der Waals surface area contributed by atoms with Gasteiger partial charge in [0.1, 0.15) is 11.9 Å². The maximum Gasteiger partial charge on any atom is 0.313 e. The van der Waals surface area contributed by atoms with E-state index in [1.54, 1.807) is 0 Å². The minimum Gasteiger partial charge on any atom is -0.482 e. The van der Waals surface area contributed by atoms with Crippen LogP contribution in [0.4, 0.5) is 10.1 Å². The van der Waals surface area contributed by atoms with Gasteiger partial charge in [-0.1, -0.05) is 0 Å². The predicted molar refractivity (Wildman–Crippen MR) is 55.0 cm³/mol. The van der Waals surface area contributed by atoms with Crippen molar-refractivity contribution >= 4 is 5.69 Å². The van der Waals surface area contributed by atoms with Crippen LogP contribution in [0.3, 0.4) is 0 Å². The van der Waals surface area contributed by atoms with E-state index in [9.17, 15) is 14.5 Å². The Morgan fingerprint density at radius 2 is 2.38 bits per heavy atom. The molecule has 5 nitrogen and oxygen atoms in total. The van der Waals surface area contributed by atoms with Crippen LogP contribution in [0, 0.1) is 15.9 Å². The Morgan fingerprint density at radius 1 is 1.56 bits per heavy atom. The van der Waals surface area contributed by atoms with Gasteiger partial charge in [0.15, 0.2) is 5.75 Å². The lowest BCUT2D eigenvalue weighted by atomic mass is 10.2. The molecule has 0 aromatic heterocycles. The van der Waals surface area contributed by atoms with E-state index in [-0.39, 0.29) is 17.5 Å². The third-order valence-electron chi connectivity index (χ3n) is 2.43. The van der Waals surface area contributed by atoms with Gasteiger partial charge in [-0.25, -0.2) is 4.39 Å². The van der Waals surface area contributed by atoms with Crippen molar-refractivity contribution in [2.75, 3.05) is 13.1 Å². The number of nitro benzene ring substituents is 1. The zero-order valence-corrected chi connectivity index (χ0v) is 8.48. The normalized spacial score (nSPS) is 19.7. The molecule has 1 aliphatic rings. The van der Waals surface area contributed by atoms with Crippen LogP contribution >= 0.6 is 0 Å². The lowest BCUT2D eigenvalue weighted by molar-refractivity contribution is -0.386. The molecule has 0 bridgehead atoms. The fraction of sp³-hybridized carbons (Fsp3) is 0.400. The molecule has 6 heteroatoms. The molecule has 0 spiro atoms. The Hall–Kier alpha value is -1.69. The summed E-state index contributed by atoms with van der Waals surface area (Å²) in [4.78, 5) is 10.1. The molecule has 0 radical (unpaired) electrons. The molecule has 1 fully saturated rings. The minimum atomic E-state index is -0.638. The molecule has 1 aliphatic heterocycles. The molecule has 86 valence electrons. The number of halogens is 1. The fourth-order valence-electron chi connectivity index (χ4n) is 1.64. The highest BCUT2D eigenvalue weighted by molar-refractivity contribution is 5.46. The summed E-state index contributed by atoms with van der Waals surface area (Å²) in [6.45, 7) is 1.49. The first-order valence-corrected chi connectivity index (χ1v) is 4.98. The van der Waals surface area contributed by atoms with Crippen LogP contribution in [-0.4, -0.2) is 24.1 Å². The Bertz CT molecular complexity index is 405. The summed E-state index contributed by atoms with van der Waals surface area (Å²) in [6, 6.07) is 3.33. The number of rotatable bonds is 3. The van der Waals surface area contributed by atoms with Crippen molar-refractivity contribution in [3.8, 4) is 5.75 Å². The molecule has 16 heavy (non-hydrogen) atoms. The summed E-state index contributed by atoms with van der Waals surface area (Å²) in [6.07, 6.45) is 0.721. The topological polar surface area (TPSA) is 64.4 Å². The lowest BCUT2D eigenvalue weighted by Crippen LogP contribution is -2.20. The number of nitrogens with one attached hydrogen (secondary N) is 1. The first-order chi connectivity index (χ1) is 7.66. The van der Waals surface area contributed by atoms with Gasteiger partial charge in [-0.05, 0) is 25.1 Å². The highest BCUT2D eigenvalue weighted by Gasteiger charge is 2.22. The predicted octanol–water partition coefficient (Wildman–Crippen LogP) is 1.47. The van der Waals surface area contributed by atoms with Crippen molar-refractivity contribution in [1.82, 2.24) is 5.32 Å². The van der Waals surface area contributed by atoms with E-state index in [1.807, 2.05) is 0 Å². The van der Waals surface area contributed by atoms with Crippen molar-refractivity contribution in [2.24, 2.45) is 0 Å². The van der Waals surface area contributed by atoms with Gasteiger partial charge in [-0.3, -0.25) is 10.1 Å². The molecule has 2 rings (SSSR count). The van der Waals surface area contributed by atoms with E-state index in [4.69, 9.17) is 4.74 Å². The van der Waals surface area contributed by atoms with Crippen LogP contribution in [0.1, 0.15) is 6.42 Å². The van der Waals surface area contributed by atoms with Gasteiger partial charge in [0.25, 0.3) is 0 Å². The third kappa shape index (κ3) is 2.27. The maximum absolute atomic E-state index is 12.8. The van der Waals surface area contributed by atoms with E-state index < -0.39 is 10.7 Å². The number of hydrogen-bond donors (Lipinski definition) is 1. The Kier molecular flexibility index (Phi) is 3.00. The second-order valence-electron chi connectivity index (χ2n) is 3.60. The molecular weight excluding hydrogens is 215 g/mol. The summed E-state index contributed by atoms with van der Waals surface area (Å²) >= 11 is 0. The summed E-state index contributed by atoms with van der Waals surface area (Å²) in [5, 5.41) is 13.8. The van der Waals surface area contributed by atoms with Gasteiger partial charge in [0, 0.05) is 6.54 Å². The fourth-order valence-corrected chi connectivity index (χ4v) is 1.64. The maximum atomic E-state index is 12.8. The number of ether oxygens (including phenoxy) is 1. The third-order valence-corrected chi connectivity index (χ3v) is 2.43. The number of nitrogens with zero attached hydrogens (tertiary/aromatic N) is 1. The number of benzene rings is 1. The smallest absolute Gasteiger partial charge is 0.313 e. The average molecular weight is 226 g/mol. The quantitative estimate of drug-likeness (QED) is 0.626. The van der Waals surface area contributed by atoms with Crippen LogP contribution in [-0.2, 0) is 0 Å². The SMILES string of the molecule is O=[N+]([O-])c1cc(F)ccc1OC1CCNC1. The van der Waals surface area contributed by atoms with Crippen LogP contribution in [0.2, 0.25) is 0 Å². The van der Waals surface area contributed by atoms with Gasteiger partial charge < -0.3 is 10.1 Å². The average Bonchev–Trinajstić information content (AvgIpc) is 2.73. The summed E-state index contributed by atoms with van der Waals surface area (Å²) in [5.74, 6) is -0.510. The van der Waals surface area contributed by atoms with Crippen LogP contribution in [0.15, 0.2) is 18.2 Å². The number of hydrogen-bond acceptors (Lipinski definition) is 4. The monoisotopic (exact) mass is 226 g/mol.